The fourth-order valence-corrected chi connectivity index (χ4v) is 5.68. The van der Waals surface area contributed by atoms with E-state index in [9.17, 15) is 0 Å². The third-order valence-electron chi connectivity index (χ3n) is 8.08. The van der Waals surface area contributed by atoms with Crippen LogP contribution in [0.25, 0.3) is 45.5 Å². The van der Waals surface area contributed by atoms with Gasteiger partial charge in [-0.15, -0.1) is 0 Å². The van der Waals surface area contributed by atoms with E-state index in [1.807, 2.05) is 6.07 Å². The lowest BCUT2D eigenvalue weighted by Gasteiger charge is -2.26. The smallest absolute Gasteiger partial charge is 0.0467 e. The summed E-state index contributed by atoms with van der Waals surface area (Å²) in [5.41, 5.74) is 12.9. The van der Waals surface area contributed by atoms with Crippen LogP contribution < -0.4 is 4.90 Å². The van der Waals surface area contributed by atoms with Gasteiger partial charge in [-0.05, 0) is 80.9 Å². The van der Waals surface area contributed by atoms with Gasteiger partial charge in [0, 0.05) is 17.1 Å². The summed E-state index contributed by atoms with van der Waals surface area (Å²) >= 11 is 0. The Morgan fingerprint density at radius 1 is 0.267 bits per heavy atom. The molecule has 0 heterocycles. The third kappa shape index (κ3) is 6.54. The first-order valence-electron chi connectivity index (χ1n) is 15.3. The van der Waals surface area contributed by atoms with Gasteiger partial charge >= 0.3 is 0 Å². The van der Waals surface area contributed by atoms with Crippen LogP contribution in [0.4, 0.5) is 17.1 Å². The maximum Gasteiger partial charge on any atom is 0.0467 e. The second-order valence-corrected chi connectivity index (χ2v) is 11.1. The molecule has 0 spiro atoms. The minimum atomic E-state index is 1.11. The lowest BCUT2D eigenvalue weighted by Crippen LogP contribution is -2.10. The van der Waals surface area contributed by atoms with Crippen molar-refractivity contribution in [2.75, 3.05) is 4.90 Å². The van der Waals surface area contributed by atoms with Gasteiger partial charge in [-0.25, -0.2) is 0 Å². The van der Waals surface area contributed by atoms with E-state index in [4.69, 9.17) is 0 Å². The van der Waals surface area contributed by atoms with Crippen molar-refractivity contribution in [2.45, 2.75) is 0 Å². The molecule has 0 aliphatic rings. The van der Waals surface area contributed by atoms with Crippen LogP contribution in [0.3, 0.4) is 0 Å². The maximum atomic E-state index is 2.33. The van der Waals surface area contributed by atoms with E-state index in [1.54, 1.807) is 0 Å². The summed E-state index contributed by atoms with van der Waals surface area (Å²) in [5.74, 6) is 0. The van der Waals surface area contributed by atoms with Crippen molar-refractivity contribution in [3.63, 3.8) is 0 Å². The zero-order valence-corrected chi connectivity index (χ0v) is 25.0. The fourth-order valence-electron chi connectivity index (χ4n) is 5.68. The molecule has 1 nitrogen and oxygen atoms in total. The average Bonchev–Trinajstić information content (AvgIpc) is 3.13. The Hall–Kier alpha value is -5.92. The fraction of sp³-hybridized carbons (Fsp3) is 0. The van der Waals surface area contributed by atoms with Crippen molar-refractivity contribution in [3.8, 4) is 33.4 Å². The summed E-state index contributed by atoms with van der Waals surface area (Å²) in [6.07, 6.45) is 4.32. The standard InChI is InChI=1S/C44H33N/c1-4-11-34(12-5-1)19-20-35-21-29-42(30-22-35)45(44-18-10-17-41(33-44)37-15-8-3-9-16-37)43-31-27-40(28-32-43)39-25-23-38(24-26-39)36-13-6-2-7-14-36/h1-33H. The van der Waals surface area contributed by atoms with E-state index in [1.165, 1.54) is 38.9 Å². The first-order chi connectivity index (χ1) is 22.3. The molecule has 0 radical (unpaired) electrons. The first kappa shape index (κ1) is 27.9. The molecule has 0 aliphatic heterocycles. The molecule has 0 saturated heterocycles. The largest absolute Gasteiger partial charge is 0.310 e. The van der Waals surface area contributed by atoms with Crippen LogP contribution in [0, 0.1) is 0 Å². The lowest BCUT2D eigenvalue weighted by atomic mass is 10.00. The van der Waals surface area contributed by atoms with Crippen LogP contribution in [0.2, 0.25) is 0 Å². The Kier molecular flexibility index (Phi) is 8.15. The van der Waals surface area contributed by atoms with Crippen molar-refractivity contribution in [3.05, 3.63) is 199 Å². The molecule has 0 bridgehead atoms. The van der Waals surface area contributed by atoms with E-state index in [2.05, 4.69) is 199 Å². The molecule has 0 atom stereocenters. The minimum absolute atomic E-state index is 1.11. The van der Waals surface area contributed by atoms with Gasteiger partial charge in [-0.1, -0.05) is 164 Å². The summed E-state index contributed by atoms with van der Waals surface area (Å²) in [4.78, 5) is 2.33. The van der Waals surface area contributed by atoms with Crippen molar-refractivity contribution in [1.29, 1.82) is 0 Å². The second-order valence-electron chi connectivity index (χ2n) is 11.1. The van der Waals surface area contributed by atoms with Gasteiger partial charge in [-0.3, -0.25) is 0 Å². The molecule has 45 heavy (non-hydrogen) atoms. The summed E-state index contributed by atoms with van der Waals surface area (Å²) in [6, 6.07) is 66.8. The molecular formula is C44H33N. The van der Waals surface area contributed by atoms with Crippen LogP contribution in [0.5, 0.6) is 0 Å². The second kappa shape index (κ2) is 13.2. The molecule has 0 aliphatic carbocycles. The van der Waals surface area contributed by atoms with Gasteiger partial charge in [-0.2, -0.15) is 0 Å². The molecule has 0 aromatic heterocycles. The Bertz CT molecular complexity index is 1990. The number of hydrogen-bond acceptors (Lipinski definition) is 1. The quantitative estimate of drug-likeness (QED) is 0.163. The summed E-state index contributed by atoms with van der Waals surface area (Å²) in [5, 5.41) is 0. The first-order valence-corrected chi connectivity index (χ1v) is 15.3. The van der Waals surface area contributed by atoms with E-state index in [0.29, 0.717) is 0 Å². The number of rotatable bonds is 8. The van der Waals surface area contributed by atoms with Gasteiger partial charge in [0.2, 0.25) is 0 Å². The van der Waals surface area contributed by atoms with Crippen LogP contribution in [0.15, 0.2) is 188 Å². The van der Waals surface area contributed by atoms with Gasteiger partial charge < -0.3 is 4.90 Å². The number of hydrogen-bond donors (Lipinski definition) is 0. The van der Waals surface area contributed by atoms with Crippen LogP contribution in [-0.4, -0.2) is 0 Å². The highest BCUT2D eigenvalue weighted by Gasteiger charge is 2.14. The highest BCUT2D eigenvalue weighted by Crippen LogP contribution is 2.38. The molecule has 7 rings (SSSR count). The Morgan fingerprint density at radius 2 is 0.644 bits per heavy atom. The normalized spacial score (nSPS) is 11.0. The monoisotopic (exact) mass is 575 g/mol. The van der Waals surface area contributed by atoms with Crippen molar-refractivity contribution in [2.24, 2.45) is 0 Å². The molecule has 1 heteroatoms. The molecule has 7 aromatic carbocycles. The average molecular weight is 576 g/mol. The van der Waals surface area contributed by atoms with E-state index < -0.39 is 0 Å². The number of anilines is 3. The molecule has 0 saturated carbocycles. The van der Waals surface area contributed by atoms with Crippen molar-refractivity contribution in [1.82, 2.24) is 0 Å². The van der Waals surface area contributed by atoms with Crippen molar-refractivity contribution < 1.29 is 0 Å². The molecule has 0 fully saturated rings. The maximum absolute atomic E-state index is 2.33. The van der Waals surface area contributed by atoms with Crippen LogP contribution in [0.1, 0.15) is 11.1 Å². The van der Waals surface area contributed by atoms with Gasteiger partial charge in [0.25, 0.3) is 0 Å². The van der Waals surface area contributed by atoms with Crippen LogP contribution >= 0.6 is 0 Å². The van der Waals surface area contributed by atoms with Gasteiger partial charge in [0.1, 0.15) is 0 Å². The van der Waals surface area contributed by atoms with E-state index in [0.717, 1.165) is 22.6 Å². The SMILES string of the molecule is C(=Cc1ccc(N(c2ccc(-c3ccc(-c4ccccc4)cc3)cc2)c2cccc(-c3ccccc3)c2)cc1)c1ccccc1. The summed E-state index contributed by atoms with van der Waals surface area (Å²) in [7, 11) is 0. The molecule has 0 unspecified atom stereocenters. The molecule has 214 valence electrons. The predicted octanol–water partition coefficient (Wildman–Crippen LogP) is 12.3. The van der Waals surface area contributed by atoms with Crippen molar-refractivity contribution >= 4 is 29.2 Å². The minimum Gasteiger partial charge on any atom is -0.310 e. The molecule has 7 aromatic rings. The zero-order valence-electron chi connectivity index (χ0n) is 25.0. The van der Waals surface area contributed by atoms with Crippen LogP contribution in [-0.2, 0) is 0 Å². The highest BCUT2D eigenvalue weighted by molar-refractivity contribution is 5.82. The molecule has 0 amide bonds. The summed E-state index contributed by atoms with van der Waals surface area (Å²) in [6.45, 7) is 0. The Labute approximate surface area is 266 Å². The van der Waals surface area contributed by atoms with E-state index >= 15 is 0 Å². The Morgan fingerprint density at radius 3 is 1.18 bits per heavy atom. The third-order valence-corrected chi connectivity index (χ3v) is 8.08. The lowest BCUT2D eigenvalue weighted by molar-refractivity contribution is 1.28. The molecular weight excluding hydrogens is 542 g/mol. The predicted molar refractivity (Wildman–Crippen MR) is 193 cm³/mol. The highest BCUT2D eigenvalue weighted by atomic mass is 15.1. The van der Waals surface area contributed by atoms with E-state index in [-0.39, 0.29) is 0 Å². The number of nitrogens with zero attached hydrogens (tertiary/aromatic N) is 1. The number of benzene rings is 7. The Balaban J connectivity index is 1.22. The zero-order chi connectivity index (χ0) is 30.3. The molecule has 0 N–H and O–H groups in total. The van der Waals surface area contributed by atoms with Gasteiger partial charge in [0.15, 0.2) is 0 Å². The van der Waals surface area contributed by atoms with Gasteiger partial charge in [0.05, 0.1) is 0 Å². The summed E-state index contributed by atoms with van der Waals surface area (Å²) < 4.78 is 0. The topological polar surface area (TPSA) is 3.24 Å².